The standard InChI is InChI=1S/C23H26N2O7S2/c1-15-12-22(33-14-15)24-16(2)20(19(23(26)27)6-4-5-11-32-25(28)29)13-21(24)17-7-9-18(10-8-17)34(3,30)31/h7-10,12-14,19H,4-6,11H2,1-3H3,(H,26,27). The second-order valence-corrected chi connectivity index (χ2v) is 11.0. The molecule has 182 valence electrons. The lowest BCUT2D eigenvalue weighted by Gasteiger charge is -2.14. The highest BCUT2D eigenvalue weighted by Crippen LogP contribution is 2.37. The van der Waals surface area contributed by atoms with Crippen LogP contribution in [0, 0.1) is 24.0 Å². The Bertz CT molecular complexity index is 1290. The molecule has 0 saturated carbocycles. The van der Waals surface area contributed by atoms with Crippen LogP contribution in [0.3, 0.4) is 0 Å². The van der Waals surface area contributed by atoms with Gasteiger partial charge in [-0.15, -0.1) is 21.5 Å². The lowest BCUT2D eigenvalue weighted by molar-refractivity contribution is -0.757. The van der Waals surface area contributed by atoms with Gasteiger partial charge >= 0.3 is 5.97 Å². The Hall–Kier alpha value is -3.18. The molecule has 0 bridgehead atoms. The first-order valence-electron chi connectivity index (χ1n) is 10.6. The van der Waals surface area contributed by atoms with Crippen LogP contribution in [0.1, 0.15) is 42.0 Å². The molecule has 0 saturated heterocycles. The van der Waals surface area contributed by atoms with Crippen LogP contribution in [0.4, 0.5) is 0 Å². The molecule has 3 rings (SSSR count). The number of carboxylic acids is 1. The van der Waals surface area contributed by atoms with Crippen molar-refractivity contribution in [1.82, 2.24) is 4.57 Å². The van der Waals surface area contributed by atoms with Gasteiger partial charge in [-0.1, -0.05) is 18.6 Å². The molecule has 0 aliphatic carbocycles. The van der Waals surface area contributed by atoms with Crippen molar-refractivity contribution >= 4 is 27.1 Å². The van der Waals surface area contributed by atoms with E-state index in [0.717, 1.165) is 33.8 Å². The summed E-state index contributed by atoms with van der Waals surface area (Å²) in [5, 5.41) is 22.3. The Morgan fingerprint density at radius 2 is 1.88 bits per heavy atom. The van der Waals surface area contributed by atoms with Crippen molar-refractivity contribution in [1.29, 1.82) is 0 Å². The molecular formula is C23H26N2O7S2. The minimum atomic E-state index is -3.34. The molecular weight excluding hydrogens is 480 g/mol. The number of thiophene rings is 1. The van der Waals surface area contributed by atoms with Crippen molar-refractivity contribution in [2.45, 2.75) is 43.9 Å². The van der Waals surface area contributed by atoms with E-state index in [9.17, 15) is 28.4 Å². The van der Waals surface area contributed by atoms with Gasteiger partial charge in [0.2, 0.25) is 0 Å². The van der Waals surface area contributed by atoms with Gasteiger partial charge in [0, 0.05) is 11.9 Å². The average molecular weight is 507 g/mol. The summed E-state index contributed by atoms with van der Waals surface area (Å²) >= 11 is 1.53. The number of hydrogen-bond donors (Lipinski definition) is 1. The van der Waals surface area contributed by atoms with Crippen molar-refractivity contribution in [2.75, 3.05) is 12.9 Å². The Balaban J connectivity index is 2.02. The zero-order valence-electron chi connectivity index (χ0n) is 19.1. The smallest absolute Gasteiger partial charge is 0.311 e. The molecule has 0 aliphatic rings. The second kappa shape index (κ2) is 10.4. The summed E-state index contributed by atoms with van der Waals surface area (Å²) in [6.07, 6.45) is 2.27. The minimum Gasteiger partial charge on any atom is -0.481 e. The van der Waals surface area contributed by atoms with Crippen molar-refractivity contribution in [3.63, 3.8) is 0 Å². The zero-order chi connectivity index (χ0) is 25.0. The first-order valence-corrected chi connectivity index (χ1v) is 13.3. The number of benzene rings is 1. The molecule has 0 radical (unpaired) electrons. The van der Waals surface area contributed by atoms with Crippen molar-refractivity contribution in [3.8, 4) is 16.3 Å². The lowest BCUT2D eigenvalue weighted by atomic mass is 9.93. The molecule has 0 fully saturated rings. The molecule has 1 unspecified atom stereocenters. The van der Waals surface area contributed by atoms with E-state index in [1.165, 1.54) is 11.3 Å². The highest BCUT2D eigenvalue weighted by atomic mass is 32.2. The minimum absolute atomic E-state index is 0.0776. The molecule has 0 amide bonds. The van der Waals surface area contributed by atoms with Gasteiger partial charge in [-0.05, 0) is 73.0 Å². The van der Waals surface area contributed by atoms with E-state index >= 15 is 0 Å². The van der Waals surface area contributed by atoms with Crippen molar-refractivity contribution < 1.29 is 28.2 Å². The Labute approximate surface area is 201 Å². The highest BCUT2D eigenvalue weighted by molar-refractivity contribution is 7.90. The van der Waals surface area contributed by atoms with E-state index in [1.807, 2.05) is 35.9 Å². The third-order valence-corrected chi connectivity index (χ3v) is 7.72. The highest BCUT2D eigenvalue weighted by Gasteiger charge is 2.26. The third-order valence-electron chi connectivity index (χ3n) is 5.56. The number of carboxylic acid groups (broad SMARTS) is 1. The second-order valence-electron chi connectivity index (χ2n) is 8.11. The largest absolute Gasteiger partial charge is 0.481 e. The van der Waals surface area contributed by atoms with Gasteiger partial charge in [-0.2, -0.15) is 0 Å². The quantitative estimate of drug-likeness (QED) is 0.225. The maximum Gasteiger partial charge on any atom is 0.311 e. The van der Waals surface area contributed by atoms with Crippen molar-refractivity contribution in [3.05, 3.63) is 68.7 Å². The van der Waals surface area contributed by atoms with Gasteiger partial charge in [0.25, 0.3) is 5.09 Å². The number of sulfone groups is 1. The molecule has 11 heteroatoms. The monoisotopic (exact) mass is 506 g/mol. The number of nitrogens with zero attached hydrogens (tertiary/aromatic N) is 2. The van der Waals surface area contributed by atoms with E-state index < -0.39 is 26.8 Å². The maximum absolute atomic E-state index is 12.2. The molecule has 2 aromatic heterocycles. The fraction of sp³-hybridized carbons (Fsp3) is 0.348. The van der Waals surface area contributed by atoms with Gasteiger partial charge in [0.15, 0.2) is 9.84 Å². The van der Waals surface area contributed by atoms with Crippen LogP contribution in [-0.2, 0) is 19.5 Å². The Kier molecular flexibility index (Phi) is 7.78. The van der Waals surface area contributed by atoms with Crippen LogP contribution < -0.4 is 0 Å². The first-order chi connectivity index (χ1) is 16.0. The van der Waals surface area contributed by atoms with Gasteiger partial charge in [0.1, 0.15) is 0 Å². The maximum atomic E-state index is 12.2. The number of aromatic nitrogens is 1. The summed E-state index contributed by atoms with van der Waals surface area (Å²) in [5.41, 5.74) is 4.02. The average Bonchev–Trinajstić information content (AvgIpc) is 3.32. The normalized spacial score (nSPS) is 12.4. The molecule has 3 aromatic rings. The number of aliphatic carboxylic acids is 1. The Morgan fingerprint density at radius 3 is 2.41 bits per heavy atom. The van der Waals surface area contributed by atoms with Gasteiger partial charge < -0.3 is 14.5 Å². The Morgan fingerprint density at radius 1 is 1.21 bits per heavy atom. The van der Waals surface area contributed by atoms with Crippen LogP contribution in [0.5, 0.6) is 0 Å². The van der Waals surface area contributed by atoms with E-state index in [-0.39, 0.29) is 11.5 Å². The van der Waals surface area contributed by atoms with Crippen LogP contribution >= 0.6 is 11.3 Å². The topological polar surface area (TPSA) is 129 Å². The van der Waals surface area contributed by atoms with Crippen molar-refractivity contribution in [2.24, 2.45) is 0 Å². The third kappa shape index (κ3) is 5.84. The molecule has 1 atom stereocenters. The predicted octanol–water partition coefficient (Wildman–Crippen LogP) is 4.77. The zero-order valence-corrected chi connectivity index (χ0v) is 20.7. The number of carbonyl (C=O) groups is 1. The van der Waals surface area contributed by atoms with E-state index in [0.29, 0.717) is 24.8 Å². The molecule has 9 nitrogen and oxygen atoms in total. The summed E-state index contributed by atoms with van der Waals surface area (Å²) < 4.78 is 25.7. The number of hydrogen-bond acceptors (Lipinski definition) is 7. The van der Waals surface area contributed by atoms with Crippen LogP contribution in [0.2, 0.25) is 0 Å². The molecule has 0 spiro atoms. The fourth-order valence-corrected chi connectivity index (χ4v) is 5.48. The molecule has 0 aliphatic heterocycles. The number of unbranched alkanes of at least 4 members (excludes halogenated alkanes) is 1. The predicted molar refractivity (Wildman–Crippen MR) is 129 cm³/mol. The lowest BCUT2D eigenvalue weighted by Crippen LogP contribution is -2.13. The number of rotatable bonds is 11. The van der Waals surface area contributed by atoms with E-state index in [4.69, 9.17) is 0 Å². The van der Waals surface area contributed by atoms with Crippen LogP contribution in [0.15, 0.2) is 46.7 Å². The summed E-state index contributed by atoms with van der Waals surface area (Å²) in [4.78, 5) is 27.0. The number of aryl methyl sites for hydroxylation is 1. The molecule has 1 N–H and O–H groups in total. The van der Waals surface area contributed by atoms with Gasteiger partial charge in [0.05, 0.1) is 28.1 Å². The summed E-state index contributed by atoms with van der Waals surface area (Å²) in [6, 6.07) is 10.4. The van der Waals surface area contributed by atoms with Crippen LogP contribution in [-0.4, -0.2) is 42.0 Å². The summed E-state index contributed by atoms with van der Waals surface area (Å²) in [6.45, 7) is 3.77. The first kappa shape index (κ1) is 25.4. The molecule has 2 heterocycles. The van der Waals surface area contributed by atoms with Gasteiger partial charge in [-0.3, -0.25) is 4.79 Å². The molecule has 34 heavy (non-hydrogen) atoms. The SMILES string of the molecule is Cc1csc(-n2c(-c3ccc(S(C)(=O)=O)cc3)cc(C(CCCCO[N+](=O)[O-])C(=O)O)c2C)c1. The van der Waals surface area contributed by atoms with Crippen LogP contribution in [0.25, 0.3) is 16.3 Å². The van der Waals surface area contributed by atoms with Gasteiger partial charge in [-0.25, -0.2) is 8.42 Å². The summed E-state index contributed by atoms with van der Waals surface area (Å²) in [5.74, 6) is -1.77. The molecule has 1 aromatic carbocycles. The van der Waals surface area contributed by atoms with E-state index in [1.54, 1.807) is 24.3 Å². The fourth-order valence-electron chi connectivity index (χ4n) is 3.88. The summed E-state index contributed by atoms with van der Waals surface area (Å²) in [7, 11) is -3.34. The van der Waals surface area contributed by atoms with E-state index in [2.05, 4.69) is 4.84 Å².